The van der Waals surface area contributed by atoms with E-state index in [0.29, 0.717) is 5.02 Å². The van der Waals surface area contributed by atoms with Crippen molar-refractivity contribution in [1.82, 2.24) is 4.98 Å². The van der Waals surface area contributed by atoms with Gasteiger partial charge in [0.25, 0.3) is 0 Å². The first-order valence-electron chi connectivity index (χ1n) is 11.6. The quantitative estimate of drug-likeness (QED) is 0.276. The second kappa shape index (κ2) is 8.98. The summed E-state index contributed by atoms with van der Waals surface area (Å²) in [5.41, 5.74) is 7.57. The zero-order valence-electron chi connectivity index (χ0n) is 20.5. The second-order valence-electron chi connectivity index (χ2n) is 9.94. The third-order valence-corrected chi connectivity index (χ3v) is 7.42. The van der Waals surface area contributed by atoms with Crippen molar-refractivity contribution in [2.75, 3.05) is 0 Å². The van der Waals surface area contributed by atoms with Crippen molar-refractivity contribution < 1.29 is 9.53 Å². The van der Waals surface area contributed by atoms with Gasteiger partial charge in [-0.2, -0.15) is 0 Å². The molecule has 4 aromatic rings. The molecule has 0 bridgehead atoms. The Hall–Kier alpha value is -2.86. The number of ketones is 1. The zero-order valence-corrected chi connectivity index (χ0v) is 22.1. The maximum Gasteiger partial charge on any atom is 0.163 e. The number of aryl methyl sites for hydroxylation is 1. The van der Waals surface area contributed by atoms with E-state index in [4.69, 9.17) is 21.3 Å². The molecule has 0 unspecified atom stereocenters. The van der Waals surface area contributed by atoms with E-state index in [1.165, 1.54) is 5.56 Å². The predicted molar refractivity (Wildman–Crippen MR) is 146 cm³/mol. The van der Waals surface area contributed by atoms with Crippen LogP contribution in [0.4, 0.5) is 5.69 Å². The van der Waals surface area contributed by atoms with Gasteiger partial charge in [-0.25, -0.2) is 4.98 Å². The van der Waals surface area contributed by atoms with Crippen LogP contribution in [0.1, 0.15) is 50.5 Å². The summed E-state index contributed by atoms with van der Waals surface area (Å²) in [5, 5.41) is 1.61. The average Bonchev–Trinajstić information content (AvgIpc) is 3.43. The fraction of sp³-hybridized carbons (Fsp3) is 0.276. The number of halogens is 1. The second-order valence-corrected chi connectivity index (χ2v) is 11.4. The van der Waals surface area contributed by atoms with E-state index in [1.807, 2.05) is 58.2 Å². The van der Waals surface area contributed by atoms with E-state index in [1.54, 1.807) is 18.3 Å². The number of hydrogen-bond acceptors (Lipinski definition) is 5. The highest BCUT2D eigenvalue weighted by molar-refractivity contribution is 7.22. The van der Waals surface area contributed by atoms with Crippen LogP contribution in [0.25, 0.3) is 31.9 Å². The number of benzene rings is 3. The van der Waals surface area contributed by atoms with Gasteiger partial charge in [0.05, 0.1) is 21.5 Å². The van der Waals surface area contributed by atoms with E-state index in [0.717, 1.165) is 55.1 Å². The number of rotatable bonds is 5. The molecular formula is C29H27ClN2O2S. The molecule has 6 heteroatoms. The van der Waals surface area contributed by atoms with E-state index in [9.17, 15) is 4.79 Å². The molecule has 0 radical (unpaired) electrons. The van der Waals surface area contributed by atoms with Crippen molar-refractivity contribution in [2.24, 2.45) is 4.99 Å². The summed E-state index contributed by atoms with van der Waals surface area (Å²) in [6.07, 6.45) is 2.10. The molecule has 1 atom stereocenters. The van der Waals surface area contributed by atoms with Gasteiger partial charge < -0.3 is 4.74 Å². The van der Waals surface area contributed by atoms with Gasteiger partial charge in [0.1, 0.15) is 11.1 Å². The Bertz CT molecular complexity index is 1480. The third kappa shape index (κ3) is 4.68. The van der Waals surface area contributed by atoms with Gasteiger partial charge in [-0.05, 0) is 87.7 Å². The SMILES string of the molecule is CC(=O)[C@@H](OC(C)(C)C)c1c(C)cc2nc(-c3ccc4c(c3)CC=N4)sc2c1-c1ccc(Cl)cc1. The lowest BCUT2D eigenvalue weighted by Crippen LogP contribution is -2.27. The molecule has 0 N–H and O–H groups in total. The standard InChI is InChI=1S/C29H27ClN2O2S/c1-16-14-23-27(35-28(32-23)20-8-11-22-19(15-20)12-13-31-22)25(18-6-9-21(30)10-7-18)24(16)26(17(2)33)34-29(3,4)5/h6-11,13-15,26H,12H2,1-5H3/t26-/m1/s1. The van der Waals surface area contributed by atoms with Gasteiger partial charge in [-0.1, -0.05) is 23.7 Å². The topological polar surface area (TPSA) is 51.5 Å². The van der Waals surface area contributed by atoms with Crippen LogP contribution >= 0.6 is 22.9 Å². The number of aromatic nitrogens is 1. The molecular weight excluding hydrogens is 476 g/mol. The minimum absolute atomic E-state index is 0.0269. The van der Waals surface area contributed by atoms with Crippen molar-refractivity contribution in [3.8, 4) is 21.7 Å². The molecule has 1 aromatic heterocycles. The van der Waals surface area contributed by atoms with E-state index in [2.05, 4.69) is 29.3 Å². The Labute approximate surface area is 214 Å². The minimum atomic E-state index is -0.687. The molecule has 0 aliphatic carbocycles. The lowest BCUT2D eigenvalue weighted by Gasteiger charge is -2.29. The first-order valence-corrected chi connectivity index (χ1v) is 12.8. The number of nitrogens with zero attached hydrogens (tertiary/aromatic N) is 2. The van der Waals surface area contributed by atoms with Crippen LogP contribution in [0.15, 0.2) is 53.5 Å². The maximum atomic E-state index is 12.9. The lowest BCUT2D eigenvalue weighted by molar-refractivity contribution is -0.138. The number of thiazole rings is 1. The smallest absolute Gasteiger partial charge is 0.163 e. The molecule has 2 heterocycles. The fourth-order valence-electron chi connectivity index (χ4n) is 4.52. The van der Waals surface area contributed by atoms with Crippen LogP contribution < -0.4 is 0 Å². The van der Waals surface area contributed by atoms with Crippen molar-refractivity contribution in [2.45, 2.75) is 52.7 Å². The van der Waals surface area contributed by atoms with Gasteiger partial charge in [-0.15, -0.1) is 11.3 Å². The van der Waals surface area contributed by atoms with Crippen LogP contribution in [0.2, 0.25) is 5.02 Å². The Morgan fingerprint density at radius 3 is 2.49 bits per heavy atom. The van der Waals surface area contributed by atoms with Gasteiger partial charge >= 0.3 is 0 Å². The number of fused-ring (bicyclic) bond motifs is 2. The molecule has 178 valence electrons. The molecule has 0 spiro atoms. The van der Waals surface area contributed by atoms with Crippen LogP contribution in [-0.4, -0.2) is 22.6 Å². The first kappa shape index (κ1) is 23.9. The van der Waals surface area contributed by atoms with E-state index in [-0.39, 0.29) is 5.78 Å². The highest BCUT2D eigenvalue weighted by Crippen LogP contribution is 2.45. The first-order chi connectivity index (χ1) is 16.6. The maximum absolute atomic E-state index is 12.9. The minimum Gasteiger partial charge on any atom is -0.360 e. The van der Waals surface area contributed by atoms with E-state index < -0.39 is 11.7 Å². The Balaban J connectivity index is 1.76. The van der Waals surface area contributed by atoms with Crippen molar-refractivity contribution in [3.05, 3.63) is 70.2 Å². The Kier molecular flexibility index (Phi) is 6.12. The molecule has 0 fully saturated rings. The highest BCUT2D eigenvalue weighted by Gasteiger charge is 2.30. The predicted octanol–water partition coefficient (Wildman–Crippen LogP) is 8.30. The molecule has 0 saturated heterocycles. The summed E-state index contributed by atoms with van der Waals surface area (Å²) < 4.78 is 7.37. The average molecular weight is 503 g/mol. The van der Waals surface area contributed by atoms with Crippen molar-refractivity contribution >= 4 is 50.8 Å². The number of carbonyl (C=O) groups is 1. The highest BCUT2D eigenvalue weighted by atomic mass is 35.5. The van der Waals surface area contributed by atoms with Crippen LogP contribution in [0, 0.1) is 6.92 Å². The van der Waals surface area contributed by atoms with Crippen LogP contribution in [0.5, 0.6) is 0 Å². The largest absolute Gasteiger partial charge is 0.360 e. The summed E-state index contributed by atoms with van der Waals surface area (Å²) in [4.78, 5) is 22.4. The van der Waals surface area contributed by atoms with Crippen LogP contribution in [0.3, 0.4) is 0 Å². The molecule has 0 saturated carbocycles. The van der Waals surface area contributed by atoms with Gasteiger partial charge in [0.15, 0.2) is 5.78 Å². The summed E-state index contributed by atoms with van der Waals surface area (Å²) in [7, 11) is 0. The molecule has 1 aliphatic heterocycles. The van der Waals surface area contributed by atoms with Gasteiger partial charge in [0, 0.05) is 34.3 Å². The summed E-state index contributed by atoms with van der Waals surface area (Å²) in [6, 6.07) is 16.1. The Morgan fingerprint density at radius 1 is 1.09 bits per heavy atom. The summed E-state index contributed by atoms with van der Waals surface area (Å²) >= 11 is 7.86. The molecule has 4 nitrogen and oxygen atoms in total. The third-order valence-electron chi connectivity index (χ3n) is 6.03. The number of aliphatic imine (C=N–C) groups is 1. The molecule has 1 aliphatic rings. The number of Topliss-reactive ketones (excluding diaryl/α,β-unsaturated/α-hetero) is 1. The molecule has 5 rings (SSSR count). The Morgan fingerprint density at radius 2 is 1.80 bits per heavy atom. The summed E-state index contributed by atoms with van der Waals surface area (Å²) in [6.45, 7) is 9.54. The zero-order chi connectivity index (χ0) is 24.9. The van der Waals surface area contributed by atoms with Crippen molar-refractivity contribution in [3.63, 3.8) is 0 Å². The normalized spacial score (nSPS) is 13.9. The number of hydrogen-bond donors (Lipinski definition) is 0. The van der Waals surface area contributed by atoms with Gasteiger partial charge in [-0.3, -0.25) is 9.79 Å². The number of ether oxygens (including phenoxy) is 1. The van der Waals surface area contributed by atoms with E-state index >= 15 is 0 Å². The molecule has 3 aromatic carbocycles. The number of carbonyl (C=O) groups excluding carboxylic acids is 1. The molecule has 0 amide bonds. The van der Waals surface area contributed by atoms with Gasteiger partial charge in [0.2, 0.25) is 0 Å². The van der Waals surface area contributed by atoms with Crippen LogP contribution in [-0.2, 0) is 16.0 Å². The fourth-order valence-corrected chi connectivity index (χ4v) is 5.77. The lowest BCUT2D eigenvalue weighted by atomic mass is 9.90. The monoisotopic (exact) mass is 502 g/mol. The summed E-state index contributed by atoms with van der Waals surface area (Å²) in [5.74, 6) is -0.0269. The molecule has 35 heavy (non-hydrogen) atoms. The van der Waals surface area contributed by atoms with Crippen molar-refractivity contribution in [1.29, 1.82) is 0 Å².